The number of nitrogens with two attached hydrogens (primary N) is 1. The van der Waals surface area contributed by atoms with E-state index in [0.717, 1.165) is 6.42 Å². The maximum atomic E-state index is 6.25. The van der Waals surface area contributed by atoms with Crippen molar-refractivity contribution in [3.8, 4) is 0 Å². The minimum atomic E-state index is 0.274. The Balaban J connectivity index is 2.00. The average Bonchev–Trinajstić information content (AvgIpc) is 2.71. The van der Waals surface area contributed by atoms with E-state index in [1.54, 1.807) is 11.1 Å². The summed E-state index contributed by atoms with van der Waals surface area (Å²) in [6.07, 6.45) is 10.7. The summed E-state index contributed by atoms with van der Waals surface area (Å²) in [6.45, 7) is 0. The largest absolute Gasteiger partial charge is 0.321 e. The van der Waals surface area contributed by atoms with Crippen molar-refractivity contribution in [3.05, 3.63) is 34.4 Å². The molecule has 0 aromatic carbocycles. The van der Waals surface area contributed by atoms with E-state index in [2.05, 4.69) is 12.2 Å². The Hall–Kier alpha value is -0.820. The van der Waals surface area contributed by atoms with Gasteiger partial charge in [-0.2, -0.15) is 0 Å². The van der Waals surface area contributed by atoms with E-state index in [4.69, 9.17) is 5.73 Å². The minimum Gasteiger partial charge on any atom is -0.321 e. The van der Waals surface area contributed by atoms with E-state index in [1.165, 1.54) is 36.8 Å². The summed E-state index contributed by atoms with van der Waals surface area (Å²) in [5, 5.41) is 0. The van der Waals surface area contributed by atoms with Gasteiger partial charge < -0.3 is 5.73 Å². The van der Waals surface area contributed by atoms with Crippen LogP contribution >= 0.6 is 0 Å². The molecule has 1 unspecified atom stereocenters. The summed E-state index contributed by atoms with van der Waals surface area (Å²) < 4.78 is 0. The fourth-order valence-electron chi connectivity index (χ4n) is 2.91. The smallest absolute Gasteiger partial charge is 0.0481 e. The molecule has 0 aliphatic heterocycles. The van der Waals surface area contributed by atoms with E-state index in [1.807, 2.05) is 0 Å². The SMILES string of the molecule is NC1C2=C(C=CC2)CC2=C1CCC2. The van der Waals surface area contributed by atoms with Crippen molar-refractivity contribution in [2.75, 3.05) is 0 Å². The molecule has 1 atom stereocenters. The molecule has 0 aromatic heterocycles. The first-order chi connectivity index (χ1) is 6.36. The molecule has 0 saturated carbocycles. The normalized spacial score (nSPS) is 31.3. The van der Waals surface area contributed by atoms with E-state index in [9.17, 15) is 0 Å². The zero-order valence-corrected chi connectivity index (χ0v) is 7.84. The Labute approximate surface area is 79.0 Å². The molecule has 3 aliphatic rings. The number of rotatable bonds is 0. The van der Waals surface area contributed by atoms with Crippen LogP contribution in [0.5, 0.6) is 0 Å². The van der Waals surface area contributed by atoms with Gasteiger partial charge in [0.1, 0.15) is 0 Å². The molecule has 0 fully saturated rings. The molecule has 1 heteroatoms. The second-order valence-electron chi connectivity index (χ2n) is 4.29. The van der Waals surface area contributed by atoms with Gasteiger partial charge in [0.15, 0.2) is 0 Å². The van der Waals surface area contributed by atoms with Gasteiger partial charge in [0.2, 0.25) is 0 Å². The van der Waals surface area contributed by atoms with Crippen LogP contribution in [0.25, 0.3) is 0 Å². The molecule has 0 aromatic rings. The maximum absolute atomic E-state index is 6.25. The Morgan fingerprint density at radius 2 is 2.15 bits per heavy atom. The van der Waals surface area contributed by atoms with Gasteiger partial charge in [-0.1, -0.05) is 17.7 Å². The average molecular weight is 173 g/mol. The van der Waals surface area contributed by atoms with Gasteiger partial charge in [0.25, 0.3) is 0 Å². The van der Waals surface area contributed by atoms with Gasteiger partial charge in [-0.3, -0.25) is 0 Å². The van der Waals surface area contributed by atoms with Gasteiger partial charge >= 0.3 is 0 Å². The molecule has 13 heavy (non-hydrogen) atoms. The second kappa shape index (κ2) is 2.58. The van der Waals surface area contributed by atoms with Crippen molar-refractivity contribution in [3.63, 3.8) is 0 Å². The number of allylic oxidation sites excluding steroid dienone is 4. The molecule has 3 rings (SSSR count). The van der Waals surface area contributed by atoms with Gasteiger partial charge in [-0.05, 0) is 48.8 Å². The summed E-state index contributed by atoms with van der Waals surface area (Å²) in [4.78, 5) is 0. The van der Waals surface area contributed by atoms with Crippen LogP contribution < -0.4 is 5.73 Å². The molecule has 0 amide bonds. The van der Waals surface area contributed by atoms with Crippen molar-refractivity contribution < 1.29 is 0 Å². The van der Waals surface area contributed by atoms with Crippen molar-refractivity contribution in [1.82, 2.24) is 0 Å². The number of hydrogen-bond acceptors (Lipinski definition) is 1. The van der Waals surface area contributed by atoms with Crippen LogP contribution in [0.1, 0.15) is 32.1 Å². The highest BCUT2D eigenvalue weighted by molar-refractivity contribution is 5.49. The second-order valence-corrected chi connectivity index (χ2v) is 4.29. The van der Waals surface area contributed by atoms with E-state index in [0.29, 0.717) is 0 Å². The first kappa shape index (κ1) is 7.57. The first-order valence-corrected chi connectivity index (χ1v) is 5.21. The zero-order chi connectivity index (χ0) is 8.84. The molecule has 68 valence electrons. The molecule has 0 heterocycles. The van der Waals surface area contributed by atoms with Crippen molar-refractivity contribution >= 4 is 0 Å². The summed E-state index contributed by atoms with van der Waals surface area (Å²) in [5.74, 6) is 0. The van der Waals surface area contributed by atoms with Crippen molar-refractivity contribution in [1.29, 1.82) is 0 Å². The zero-order valence-electron chi connectivity index (χ0n) is 7.84. The molecule has 2 N–H and O–H groups in total. The number of hydrogen-bond donors (Lipinski definition) is 1. The lowest BCUT2D eigenvalue weighted by molar-refractivity contribution is 0.786. The molecular weight excluding hydrogens is 158 g/mol. The van der Waals surface area contributed by atoms with Crippen LogP contribution in [0.3, 0.4) is 0 Å². The highest BCUT2D eigenvalue weighted by atomic mass is 14.7. The van der Waals surface area contributed by atoms with Gasteiger partial charge in [0.05, 0.1) is 0 Å². The lowest BCUT2D eigenvalue weighted by Crippen LogP contribution is -2.27. The van der Waals surface area contributed by atoms with Crippen molar-refractivity contribution in [2.45, 2.75) is 38.1 Å². The summed E-state index contributed by atoms with van der Waals surface area (Å²) in [7, 11) is 0. The van der Waals surface area contributed by atoms with Crippen LogP contribution in [0, 0.1) is 0 Å². The lowest BCUT2D eigenvalue weighted by Gasteiger charge is -2.24. The predicted octanol–water partition coefficient (Wildman–Crippen LogP) is 2.45. The highest BCUT2D eigenvalue weighted by Gasteiger charge is 2.29. The van der Waals surface area contributed by atoms with Crippen LogP contribution in [-0.2, 0) is 0 Å². The Morgan fingerprint density at radius 1 is 1.23 bits per heavy atom. The Morgan fingerprint density at radius 3 is 3.08 bits per heavy atom. The van der Waals surface area contributed by atoms with Crippen LogP contribution in [0.2, 0.25) is 0 Å². The van der Waals surface area contributed by atoms with Gasteiger partial charge in [0, 0.05) is 6.04 Å². The van der Waals surface area contributed by atoms with E-state index in [-0.39, 0.29) is 6.04 Å². The molecular formula is C12H15N. The van der Waals surface area contributed by atoms with Crippen LogP contribution in [0.4, 0.5) is 0 Å². The third kappa shape index (κ3) is 0.969. The minimum absolute atomic E-state index is 0.274. The van der Waals surface area contributed by atoms with Crippen LogP contribution in [-0.4, -0.2) is 6.04 Å². The highest BCUT2D eigenvalue weighted by Crippen LogP contribution is 2.42. The molecule has 0 radical (unpaired) electrons. The first-order valence-electron chi connectivity index (χ1n) is 5.21. The van der Waals surface area contributed by atoms with E-state index >= 15 is 0 Å². The summed E-state index contributed by atoms with van der Waals surface area (Å²) in [5.41, 5.74) is 12.5. The standard InChI is InChI=1S/C12H15N/c13-12-10-5-1-3-8(10)7-9-4-2-6-11(9)12/h1,3,12H,2,4-7,13H2. The Bertz CT molecular complexity index is 342. The Kier molecular flexibility index (Phi) is 1.50. The molecule has 0 spiro atoms. The fourth-order valence-corrected chi connectivity index (χ4v) is 2.91. The van der Waals surface area contributed by atoms with Crippen molar-refractivity contribution in [2.24, 2.45) is 5.73 Å². The summed E-state index contributed by atoms with van der Waals surface area (Å²) in [6, 6.07) is 0.274. The topological polar surface area (TPSA) is 26.0 Å². The third-order valence-electron chi connectivity index (χ3n) is 3.60. The van der Waals surface area contributed by atoms with Gasteiger partial charge in [-0.25, -0.2) is 0 Å². The van der Waals surface area contributed by atoms with E-state index < -0.39 is 0 Å². The molecule has 3 aliphatic carbocycles. The fraction of sp³-hybridized carbons (Fsp3) is 0.500. The summed E-state index contributed by atoms with van der Waals surface area (Å²) >= 11 is 0. The maximum Gasteiger partial charge on any atom is 0.0481 e. The molecule has 0 bridgehead atoms. The third-order valence-corrected chi connectivity index (χ3v) is 3.60. The quantitative estimate of drug-likeness (QED) is 0.559. The van der Waals surface area contributed by atoms with Crippen LogP contribution in [0.15, 0.2) is 34.4 Å². The van der Waals surface area contributed by atoms with Gasteiger partial charge in [-0.15, -0.1) is 0 Å². The predicted molar refractivity (Wildman–Crippen MR) is 54.3 cm³/mol. The molecule has 1 nitrogen and oxygen atoms in total. The molecule has 0 saturated heterocycles. The monoisotopic (exact) mass is 173 g/mol. The lowest BCUT2D eigenvalue weighted by atomic mass is 9.85.